The molecule has 0 atom stereocenters. The van der Waals surface area contributed by atoms with Crippen molar-refractivity contribution in [2.45, 2.75) is 12.8 Å². The van der Waals surface area contributed by atoms with E-state index < -0.39 is 0 Å². The lowest BCUT2D eigenvalue weighted by molar-refractivity contribution is 0.161. The molecule has 0 saturated heterocycles. The van der Waals surface area contributed by atoms with Gasteiger partial charge in [0.05, 0.1) is 6.61 Å². The molecule has 0 aromatic heterocycles. The first-order chi connectivity index (χ1) is 11.1. The monoisotopic (exact) mass is 331 g/mol. The third-order valence-electron chi connectivity index (χ3n) is 3.58. The van der Waals surface area contributed by atoms with Crippen LogP contribution in [0.3, 0.4) is 0 Å². The summed E-state index contributed by atoms with van der Waals surface area (Å²) in [4.78, 5) is 8.82. The second-order valence-corrected chi connectivity index (χ2v) is 5.73. The number of likely N-dealkylation sites (N-methyl/N-ethyl adjacent to an activating group) is 2. The lowest BCUT2D eigenvalue weighted by Gasteiger charge is -2.19. The Hall–Kier alpha value is -0.890. The van der Waals surface area contributed by atoms with E-state index in [1.807, 2.05) is 7.05 Å². The number of rotatable bonds is 14. The Morgan fingerprint density at radius 2 is 1.43 bits per heavy atom. The van der Waals surface area contributed by atoms with Gasteiger partial charge in [-0.3, -0.25) is 4.99 Å². The van der Waals surface area contributed by atoms with Crippen molar-refractivity contribution in [3.05, 3.63) is 0 Å². The highest BCUT2D eigenvalue weighted by molar-refractivity contribution is 5.79. The van der Waals surface area contributed by atoms with Crippen molar-refractivity contribution in [1.29, 1.82) is 0 Å². The highest BCUT2D eigenvalue weighted by Crippen LogP contribution is 1.88. The Labute approximate surface area is 142 Å². The molecular weight excluding hydrogens is 294 g/mol. The van der Waals surface area contributed by atoms with Gasteiger partial charge in [-0.1, -0.05) is 0 Å². The lowest BCUT2D eigenvalue weighted by atomic mass is 10.4. The molecule has 0 radical (unpaired) electrons. The SMILES string of the molecule is CN=C(NCCCN(C)CCOC)NCCN(C)CCCOC. The van der Waals surface area contributed by atoms with Gasteiger partial charge in [-0.15, -0.1) is 0 Å². The van der Waals surface area contributed by atoms with Gasteiger partial charge in [0, 0.05) is 60.6 Å². The summed E-state index contributed by atoms with van der Waals surface area (Å²) in [6.07, 6.45) is 2.15. The molecule has 23 heavy (non-hydrogen) atoms. The fourth-order valence-electron chi connectivity index (χ4n) is 2.09. The zero-order chi connectivity index (χ0) is 17.3. The van der Waals surface area contributed by atoms with E-state index in [4.69, 9.17) is 9.47 Å². The summed E-state index contributed by atoms with van der Waals surface area (Å²) in [5.74, 6) is 0.870. The minimum Gasteiger partial charge on any atom is -0.385 e. The van der Waals surface area contributed by atoms with Crippen LogP contribution in [0.2, 0.25) is 0 Å². The third kappa shape index (κ3) is 14.4. The maximum absolute atomic E-state index is 5.07. The smallest absolute Gasteiger partial charge is 0.191 e. The molecule has 0 rings (SSSR count). The number of methoxy groups -OCH3 is 2. The van der Waals surface area contributed by atoms with Crippen LogP contribution in [-0.4, -0.2) is 104 Å². The Kier molecular flexibility index (Phi) is 15.4. The van der Waals surface area contributed by atoms with E-state index in [1.54, 1.807) is 14.2 Å². The highest BCUT2D eigenvalue weighted by atomic mass is 16.5. The summed E-state index contributed by atoms with van der Waals surface area (Å²) in [5.41, 5.74) is 0. The van der Waals surface area contributed by atoms with Crippen molar-refractivity contribution in [2.24, 2.45) is 4.99 Å². The van der Waals surface area contributed by atoms with E-state index in [-0.39, 0.29) is 0 Å². The summed E-state index contributed by atoms with van der Waals surface area (Å²) < 4.78 is 10.1. The zero-order valence-electron chi connectivity index (χ0n) is 15.7. The van der Waals surface area contributed by atoms with Gasteiger partial charge in [0.2, 0.25) is 0 Å². The Morgan fingerprint density at radius 1 is 0.826 bits per heavy atom. The molecule has 0 bridgehead atoms. The van der Waals surface area contributed by atoms with Crippen LogP contribution in [0.15, 0.2) is 4.99 Å². The molecule has 0 aromatic carbocycles. The molecule has 7 nitrogen and oxygen atoms in total. The minimum absolute atomic E-state index is 0.783. The summed E-state index contributed by atoms with van der Waals surface area (Å²) in [7, 11) is 9.53. The summed E-state index contributed by atoms with van der Waals surface area (Å²) in [6, 6.07) is 0. The van der Waals surface area contributed by atoms with Gasteiger partial charge in [-0.25, -0.2) is 0 Å². The number of nitrogens with one attached hydrogen (secondary N) is 2. The van der Waals surface area contributed by atoms with E-state index in [0.717, 1.165) is 71.3 Å². The number of hydrogen-bond acceptors (Lipinski definition) is 5. The van der Waals surface area contributed by atoms with Crippen LogP contribution in [0.4, 0.5) is 0 Å². The third-order valence-corrected chi connectivity index (χ3v) is 3.58. The molecule has 0 spiro atoms. The Balaban J connectivity index is 3.63. The van der Waals surface area contributed by atoms with Crippen LogP contribution in [0.25, 0.3) is 0 Å². The average Bonchev–Trinajstić information content (AvgIpc) is 2.55. The number of hydrogen-bond donors (Lipinski definition) is 2. The minimum atomic E-state index is 0.783. The second-order valence-electron chi connectivity index (χ2n) is 5.73. The van der Waals surface area contributed by atoms with Crippen LogP contribution in [0.1, 0.15) is 12.8 Å². The fraction of sp³-hybridized carbons (Fsp3) is 0.938. The topological polar surface area (TPSA) is 61.4 Å². The summed E-state index contributed by atoms with van der Waals surface area (Å²) in [6.45, 7) is 7.47. The molecule has 2 N–H and O–H groups in total. The van der Waals surface area contributed by atoms with Gasteiger partial charge < -0.3 is 29.9 Å². The van der Waals surface area contributed by atoms with Crippen molar-refractivity contribution in [2.75, 3.05) is 87.8 Å². The number of guanidine groups is 1. The predicted molar refractivity (Wildman–Crippen MR) is 97.3 cm³/mol. The van der Waals surface area contributed by atoms with Crippen molar-refractivity contribution >= 4 is 5.96 Å². The highest BCUT2D eigenvalue weighted by Gasteiger charge is 2.01. The standard InChI is InChI=1S/C16H37N5O2/c1-17-16(18-8-6-10-21(3)13-15-23-5)19-9-12-20(2)11-7-14-22-4/h6-15H2,1-5H3,(H2,17,18,19). The Bertz CT molecular complexity index is 290. The molecule has 0 aromatic rings. The molecule has 0 unspecified atom stereocenters. The van der Waals surface area contributed by atoms with E-state index in [0.29, 0.717) is 0 Å². The average molecular weight is 332 g/mol. The van der Waals surface area contributed by atoms with Crippen LogP contribution in [0, 0.1) is 0 Å². The second kappa shape index (κ2) is 16.0. The van der Waals surface area contributed by atoms with Crippen molar-refractivity contribution < 1.29 is 9.47 Å². The molecular formula is C16H37N5O2. The van der Waals surface area contributed by atoms with Gasteiger partial charge in [0.15, 0.2) is 5.96 Å². The molecule has 7 heteroatoms. The number of nitrogens with zero attached hydrogens (tertiary/aromatic N) is 3. The van der Waals surface area contributed by atoms with Crippen LogP contribution < -0.4 is 10.6 Å². The van der Waals surface area contributed by atoms with Crippen LogP contribution >= 0.6 is 0 Å². The normalized spacial score (nSPS) is 12.2. The predicted octanol–water partition coefficient (Wildman–Crippen LogP) is 0.0880. The molecule has 0 amide bonds. The zero-order valence-corrected chi connectivity index (χ0v) is 15.7. The fourth-order valence-corrected chi connectivity index (χ4v) is 2.09. The van der Waals surface area contributed by atoms with Crippen LogP contribution in [-0.2, 0) is 9.47 Å². The molecule has 0 fully saturated rings. The van der Waals surface area contributed by atoms with E-state index >= 15 is 0 Å². The van der Waals surface area contributed by atoms with Gasteiger partial charge >= 0.3 is 0 Å². The van der Waals surface area contributed by atoms with Gasteiger partial charge in [-0.2, -0.15) is 0 Å². The summed E-state index contributed by atoms with van der Waals surface area (Å²) >= 11 is 0. The largest absolute Gasteiger partial charge is 0.385 e. The molecule has 138 valence electrons. The first-order valence-electron chi connectivity index (χ1n) is 8.43. The van der Waals surface area contributed by atoms with Gasteiger partial charge in [0.1, 0.15) is 0 Å². The first-order valence-corrected chi connectivity index (χ1v) is 8.43. The quantitative estimate of drug-likeness (QED) is 0.267. The van der Waals surface area contributed by atoms with Crippen LogP contribution in [0.5, 0.6) is 0 Å². The van der Waals surface area contributed by atoms with E-state index in [9.17, 15) is 0 Å². The molecule has 0 aliphatic carbocycles. The maximum atomic E-state index is 5.07. The van der Waals surface area contributed by atoms with E-state index in [2.05, 4.69) is 39.5 Å². The number of ether oxygens (including phenoxy) is 2. The van der Waals surface area contributed by atoms with Gasteiger partial charge in [-0.05, 0) is 33.5 Å². The van der Waals surface area contributed by atoms with Gasteiger partial charge in [0.25, 0.3) is 0 Å². The lowest BCUT2D eigenvalue weighted by Crippen LogP contribution is -2.42. The van der Waals surface area contributed by atoms with Crippen molar-refractivity contribution in [3.63, 3.8) is 0 Å². The first kappa shape index (κ1) is 22.1. The number of aliphatic imine (C=N–C) groups is 1. The summed E-state index contributed by atoms with van der Waals surface area (Å²) in [5, 5.41) is 6.69. The Morgan fingerprint density at radius 3 is 2.09 bits per heavy atom. The van der Waals surface area contributed by atoms with Crippen molar-refractivity contribution in [1.82, 2.24) is 20.4 Å². The molecule has 0 aliphatic rings. The van der Waals surface area contributed by atoms with Crippen molar-refractivity contribution in [3.8, 4) is 0 Å². The molecule has 0 saturated carbocycles. The maximum Gasteiger partial charge on any atom is 0.191 e. The molecule has 0 aliphatic heterocycles. The van der Waals surface area contributed by atoms with E-state index in [1.165, 1.54) is 0 Å². The molecule has 0 heterocycles.